The van der Waals surface area contributed by atoms with Crippen LogP contribution in [0.3, 0.4) is 0 Å². The van der Waals surface area contributed by atoms with E-state index in [0.29, 0.717) is 0 Å². The van der Waals surface area contributed by atoms with Crippen molar-refractivity contribution in [1.29, 1.82) is 0 Å². The summed E-state index contributed by atoms with van der Waals surface area (Å²) in [6.45, 7) is 0. The van der Waals surface area contributed by atoms with Crippen LogP contribution < -0.4 is 4.90 Å². The lowest BCUT2D eigenvalue weighted by molar-refractivity contribution is 1.13. The third kappa shape index (κ3) is 5.28. The largest absolute Gasteiger partial charge is 0.378 e. The normalized spacial score (nSPS) is 8.33. The lowest BCUT2D eigenvalue weighted by atomic mass is 10.3. The number of para-hydroxylation sites is 1. The molecule has 0 N–H and O–H groups in total. The van der Waals surface area contributed by atoms with Gasteiger partial charge in [0.05, 0.1) is 5.34 Å². The molecule has 0 aliphatic rings. The average Bonchev–Trinajstić information content (AvgIpc) is 2.07. The molecule has 1 aromatic rings. The van der Waals surface area contributed by atoms with E-state index >= 15 is 0 Å². The Morgan fingerprint density at radius 2 is 1.50 bits per heavy atom. The summed E-state index contributed by atoms with van der Waals surface area (Å²) in [7, 11) is 4.07. The van der Waals surface area contributed by atoms with E-state index in [4.69, 9.17) is 23.2 Å². The summed E-state index contributed by atoms with van der Waals surface area (Å²) >= 11 is 9.53. The Kier molecular flexibility index (Phi) is 7.02. The summed E-state index contributed by atoms with van der Waals surface area (Å²) in [4.78, 5) is 2.08. The molecule has 0 fully saturated rings. The van der Waals surface area contributed by atoms with E-state index in [1.807, 2.05) is 32.3 Å². The quantitative estimate of drug-likeness (QED) is 0.638. The van der Waals surface area contributed by atoms with Crippen molar-refractivity contribution in [3.8, 4) is 0 Å². The van der Waals surface area contributed by atoms with Gasteiger partial charge in [-0.05, 0) is 12.1 Å². The van der Waals surface area contributed by atoms with Gasteiger partial charge in [0.1, 0.15) is 0 Å². The third-order valence-corrected chi connectivity index (χ3v) is 1.27. The Labute approximate surface area is 83.9 Å². The lowest BCUT2D eigenvalue weighted by Crippen LogP contribution is -2.07. The molecule has 1 rings (SSSR count). The van der Waals surface area contributed by atoms with Crippen molar-refractivity contribution in [3.63, 3.8) is 0 Å². The van der Waals surface area contributed by atoms with Gasteiger partial charge in [0.15, 0.2) is 0 Å². The predicted octanol–water partition coefficient (Wildman–Crippen LogP) is 3.17. The fraction of sp³-hybridized carbons (Fsp3) is 0.333. The van der Waals surface area contributed by atoms with E-state index < -0.39 is 0 Å². The van der Waals surface area contributed by atoms with E-state index in [1.54, 1.807) is 0 Å². The second-order valence-corrected chi connectivity index (χ2v) is 3.14. The standard InChI is InChI=1S/C8H11N.CH2Cl2/c1-9(2)8-6-4-3-5-7-8;2-1-3/h3-7H,1-2H3;1H2. The van der Waals surface area contributed by atoms with Gasteiger partial charge in [-0.3, -0.25) is 0 Å². The highest BCUT2D eigenvalue weighted by Gasteiger charge is 1.87. The monoisotopic (exact) mass is 205 g/mol. The SMILES string of the molecule is CN(C)c1ccccc1.ClCCl. The molecule has 0 aliphatic carbocycles. The van der Waals surface area contributed by atoms with Gasteiger partial charge >= 0.3 is 0 Å². The second-order valence-electron chi connectivity index (χ2n) is 2.33. The third-order valence-electron chi connectivity index (χ3n) is 1.27. The summed E-state index contributed by atoms with van der Waals surface area (Å²) in [6, 6.07) is 10.3. The predicted molar refractivity (Wildman–Crippen MR) is 57.3 cm³/mol. The van der Waals surface area contributed by atoms with Gasteiger partial charge in [-0.15, -0.1) is 23.2 Å². The minimum absolute atomic E-state index is 0.194. The molecule has 0 aliphatic heterocycles. The topological polar surface area (TPSA) is 3.24 Å². The Balaban J connectivity index is 0.000000354. The highest BCUT2D eigenvalue weighted by atomic mass is 35.5. The molecule has 12 heavy (non-hydrogen) atoms. The van der Waals surface area contributed by atoms with Crippen LogP contribution in [0.4, 0.5) is 5.69 Å². The number of rotatable bonds is 1. The van der Waals surface area contributed by atoms with Crippen molar-refractivity contribution < 1.29 is 0 Å². The van der Waals surface area contributed by atoms with Gasteiger partial charge in [-0.1, -0.05) is 18.2 Å². The van der Waals surface area contributed by atoms with Crippen LogP contribution in [0.15, 0.2) is 30.3 Å². The molecule has 0 amide bonds. The number of halogens is 2. The minimum Gasteiger partial charge on any atom is -0.378 e. The zero-order valence-electron chi connectivity index (χ0n) is 7.30. The van der Waals surface area contributed by atoms with Crippen molar-refractivity contribution in [1.82, 2.24) is 0 Å². The Bertz CT molecular complexity index is 187. The summed E-state index contributed by atoms with van der Waals surface area (Å²) in [5.74, 6) is 0. The van der Waals surface area contributed by atoms with Crippen LogP contribution in [0.25, 0.3) is 0 Å². The van der Waals surface area contributed by atoms with Gasteiger partial charge in [0, 0.05) is 19.8 Å². The molecule has 0 aromatic heterocycles. The van der Waals surface area contributed by atoms with Gasteiger partial charge in [0.25, 0.3) is 0 Å². The number of hydrogen-bond acceptors (Lipinski definition) is 1. The summed E-state index contributed by atoms with van der Waals surface area (Å²) in [5.41, 5.74) is 1.25. The van der Waals surface area contributed by atoms with Gasteiger partial charge in [0.2, 0.25) is 0 Å². The Morgan fingerprint density at radius 3 is 1.75 bits per heavy atom. The molecule has 0 heterocycles. The van der Waals surface area contributed by atoms with Gasteiger partial charge in [-0.25, -0.2) is 0 Å². The first-order chi connectivity index (χ1) is 5.72. The molecule has 0 radical (unpaired) electrons. The molecular formula is C9H13Cl2N. The molecule has 68 valence electrons. The minimum atomic E-state index is 0.194. The first-order valence-corrected chi connectivity index (χ1v) is 4.63. The molecule has 0 saturated heterocycles. The smallest absolute Gasteiger partial charge is 0.0967 e. The molecule has 1 aromatic carbocycles. The number of nitrogens with zero attached hydrogens (tertiary/aromatic N) is 1. The summed E-state index contributed by atoms with van der Waals surface area (Å²) in [6.07, 6.45) is 0. The Hall–Kier alpha value is -0.400. The summed E-state index contributed by atoms with van der Waals surface area (Å²) < 4.78 is 0. The Morgan fingerprint density at radius 1 is 1.08 bits per heavy atom. The van der Waals surface area contributed by atoms with Crippen LogP contribution >= 0.6 is 23.2 Å². The fourth-order valence-electron chi connectivity index (χ4n) is 0.726. The second kappa shape index (κ2) is 7.26. The lowest BCUT2D eigenvalue weighted by Gasteiger charge is -2.10. The van der Waals surface area contributed by atoms with Crippen molar-refractivity contribution in [2.24, 2.45) is 0 Å². The molecule has 0 atom stereocenters. The van der Waals surface area contributed by atoms with Gasteiger partial charge in [-0.2, -0.15) is 0 Å². The highest BCUT2D eigenvalue weighted by Crippen LogP contribution is 2.07. The van der Waals surface area contributed by atoms with Crippen molar-refractivity contribution in [2.45, 2.75) is 0 Å². The van der Waals surface area contributed by atoms with Crippen LogP contribution in [0.2, 0.25) is 0 Å². The zero-order valence-corrected chi connectivity index (χ0v) is 8.81. The molecule has 3 heteroatoms. The van der Waals surface area contributed by atoms with Gasteiger partial charge < -0.3 is 4.90 Å². The van der Waals surface area contributed by atoms with Crippen LogP contribution in [0.1, 0.15) is 0 Å². The van der Waals surface area contributed by atoms with Crippen LogP contribution in [0.5, 0.6) is 0 Å². The fourth-order valence-corrected chi connectivity index (χ4v) is 0.726. The highest BCUT2D eigenvalue weighted by molar-refractivity contribution is 6.40. The molecule has 0 bridgehead atoms. The summed E-state index contributed by atoms with van der Waals surface area (Å²) in [5, 5.41) is 0.194. The molecule has 0 saturated carbocycles. The number of alkyl halides is 2. The number of hydrogen-bond donors (Lipinski definition) is 0. The van der Waals surface area contributed by atoms with Crippen LogP contribution in [0, 0.1) is 0 Å². The number of anilines is 1. The van der Waals surface area contributed by atoms with E-state index in [-0.39, 0.29) is 5.34 Å². The van der Waals surface area contributed by atoms with Crippen molar-refractivity contribution in [2.75, 3.05) is 24.3 Å². The van der Waals surface area contributed by atoms with Crippen LogP contribution in [-0.2, 0) is 0 Å². The molecule has 0 spiro atoms. The first-order valence-electron chi connectivity index (χ1n) is 3.56. The first kappa shape index (κ1) is 11.6. The maximum atomic E-state index is 4.76. The maximum absolute atomic E-state index is 4.76. The van der Waals surface area contributed by atoms with E-state index in [9.17, 15) is 0 Å². The van der Waals surface area contributed by atoms with Crippen LogP contribution in [-0.4, -0.2) is 19.4 Å². The number of benzene rings is 1. The van der Waals surface area contributed by atoms with E-state index in [1.165, 1.54) is 5.69 Å². The van der Waals surface area contributed by atoms with E-state index in [0.717, 1.165) is 0 Å². The van der Waals surface area contributed by atoms with E-state index in [2.05, 4.69) is 17.0 Å². The maximum Gasteiger partial charge on any atom is 0.0967 e. The zero-order chi connectivity index (χ0) is 9.40. The molecule has 1 nitrogen and oxygen atoms in total. The average molecular weight is 206 g/mol. The molecular weight excluding hydrogens is 193 g/mol. The molecule has 0 unspecified atom stereocenters. The van der Waals surface area contributed by atoms with Crippen molar-refractivity contribution >= 4 is 28.9 Å². The van der Waals surface area contributed by atoms with Crippen molar-refractivity contribution in [3.05, 3.63) is 30.3 Å².